The van der Waals surface area contributed by atoms with Crippen LogP contribution in [0.3, 0.4) is 0 Å². The zero-order chi connectivity index (χ0) is 18.1. The normalized spacial score (nSPS) is 19.1. The van der Waals surface area contributed by atoms with Crippen LogP contribution in [0.5, 0.6) is 5.75 Å². The second kappa shape index (κ2) is 9.98. The van der Waals surface area contributed by atoms with E-state index in [0.717, 1.165) is 38.0 Å². The van der Waals surface area contributed by atoms with Crippen molar-refractivity contribution in [3.63, 3.8) is 0 Å². The van der Waals surface area contributed by atoms with Gasteiger partial charge in [0.05, 0.1) is 13.2 Å². The minimum absolute atomic E-state index is 0.00585. The lowest BCUT2D eigenvalue weighted by atomic mass is 9.84. The molecule has 0 saturated heterocycles. The molecule has 0 spiro atoms. The van der Waals surface area contributed by atoms with E-state index < -0.39 is 5.54 Å². The van der Waals surface area contributed by atoms with Crippen LogP contribution in [0.15, 0.2) is 30.4 Å². The Labute approximate surface area is 153 Å². The largest absolute Gasteiger partial charge is 0.494 e. The van der Waals surface area contributed by atoms with E-state index in [1.54, 1.807) is 0 Å². The molecule has 3 heteroatoms. The maximum absolute atomic E-state index is 9.49. The number of hydrogen-bond donors (Lipinski definition) is 2. The molecule has 0 aliphatic heterocycles. The van der Waals surface area contributed by atoms with Crippen molar-refractivity contribution in [2.45, 2.75) is 76.7 Å². The minimum Gasteiger partial charge on any atom is -0.494 e. The van der Waals surface area contributed by atoms with Crippen LogP contribution in [0, 0.1) is 0 Å². The number of unbranched alkanes of at least 4 members (excludes halogenated alkanes) is 4. The van der Waals surface area contributed by atoms with Gasteiger partial charge in [0.15, 0.2) is 0 Å². The number of nitrogens with two attached hydrogens (primary N) is 1. The molecule has 1 aromatic rings. The van der Waals surface area contributed by atoms with Crippen LogP contribution < -0.4 is 10.5 Å². The summed E-state index contributed by atoms with van der Waals surface area (Å²) >= 11 is 0. The second-order valence-corrected chi connectivity index (χ2v) is 7.71. The third-order valence-corrected chi connectivity index (χ3v) is 5.03. The predicted octanol–water partition coefficient (Wildman–Crippen LogP) is 4.72. The van der Waals surface area contributed by atoms with E-state index >= 15 is 0 Å². The number of fused-ring (bicyclic) bond motifs is 1. The van der Waals surface area contributed by atoms with Gasteiger partial charge in [-0.05, 0) is 55.9 Å². The number of rotatable bonds is 10. The Kier molecular flexibility index (Phi) is 7.98. The predicted molar refractivity (Wildman–Crippen MR) is 105 cm³/mol. The molecule has 2 atom stereocenters. The Hall–Kier alpha value is -1.32. The number of allylic oxidation sites excluding steroid dienone is 2. The molecule has 3 N–H and O–H groups in total. The molecule has 3 nitrogen and oxygen atoms in total. The Morgan fingerprint density at radius 1 is 1.24 bits per heavy atom. The van der Waals surface area contributed by atoms with Gasteiger partial charge in [0.25, 0.3) is 0 Å². The van der Waals surface area contributed by atoms with Gasteiger partial charge < -0.3 is 15.6 Å². The number of hydrogen-bond acceptors (Lipinski definition) is 3. The van der Waals surface area contributed by atoms with Crippen molar-refractivity contribution in [3.05, 3.63) is 41.5 Å². The minimum atomic E-state index is -0.551. The molecular weight excluding hydrogens is 310 g/mol. The van der Waals surface area contributed by atoms with E-state index in [-0.39, 0.29) is 12.5 Å². The van der Waals surface area contributed by atoms with E-state index in [1.165, 1.54) is 36.8 Å². The lowest BCUT2D eigenvalue weighted by Gasteiger charge is -2.27. The Bertz CT molecular complexity index is 551. The van der Waals surface area contributed by atoms with Gasteiger partial charge in [-0.3, -0.25) is 0 Å². The molecule has 0 bridgehead atoms. The van der Waals surface area contributed by atoms with Crippen molar-refractivity contribution < 1.29 is 9.84 Å². The molecular formula is C22H35NO2. The highest BCUT2D eigenvalue weighted by atomic mass is 16.5. The van der Waals surface area contributed by atoms with E-state index in [9.17, 15) is 5.11 Å². The van der Waals surface area contributed by atoms with Crippen molar-refractivity contribution in [3.8, 4) is 5.75 Å². The molecule has 1 aromatic carbocycles. The Balaban J connectivity index is 1.97. The van der Waals surface area contributed by atoms with Gasteiger partial charge in [0.1, 0.15) is 5.75 Å². The summed E-state index contributed by atoms with van der Waals surface area (Å²) in [5.74, 6) is 1.25. The Morgan fingerprint density at radius 2 is 2.04 bits per heavy atom. The fourth-order valence-electron chi connectivity index (χ4n) is 3.49. The fourth-order valence-corrected chi connectivity index (χ4v) is 3.49. The van der Waals surface area contributed by atoms with Crippen molar-refractivity contribution in [1.82, 2.24) is 0 Å². The summed E-state index contributed by atoms with van der Waals surface area (Å²) in [5, 5.41) is 9.49. The van der Waals surface area contributed by atoms with Crippen LogP contribution in [-0.4, -0.2) is 23.9 Å². The maximum atomic E-state index is 9.49. The van der Waals surface area contributed by atoms with Crippen LogP contribution >= 0.6 is 0 Å². The monoisotopic (exact) mass is 345 g/mol. The highest BCUT2D eigenvalue weighted by molar-refractivity contribution is 5.41. The summed E-state index contributed by atoms with van der Waals surface area (Å²) in [6.45, 7) is 4.96. The van der Waals surface area contributed by atoms with Gasteiger partial charge in [-0.15, -0.1) is 0 Å². The summed E-state index contributed by atoms with van der Waals surface area (Å²) < 4.78 is 5.97. The molecule has 140 valence electrons. The van der Waals surface area contributed by atoms with Gasteiger partial charge in [-0.1, -0.05) is 50.8 Å². The first-order valence-electron chi connectivity index (χ1n) is 9.88. The van der Waals surface area contributed by atoms with Crippen molar-refractivity contribution >= 4 is 0 Å². The first-order chi connectivity index (χ1) is 12.1. The van der Waals surface area contributed by atoms with Crippen LogP contribution in [0.1, 0.15) is 75.8 Å². The highest BCUT2D eigenvalue weighted by Crippen LogP contribution is 2.34. The Morgan fingerprint density at radius 3 is 2.80 bits per heavy atom. The summed E-state index contributed by atoms with van der Waals surface area (Å²) in [5.41, 5.74) is 8.32. The number of aryl methyl sites for hydroxylation is 1. The zero-order valence-corrected chi connectivity index (χ0v) is 16.0. The summed E-state index contributed by atoms with van der Waals surface area (Å²) in [4.78, 5) is 0. The summed E-state index contributed by atoms with van der Waals surface area (Å²) in [6, 6.07) is 6.48. The highest BCUT2D eigenvalue weighted by Gasteiger charge is 2.25. The van der Waals surface area contributed by atoms with Gasteiger partial charge in [-0.2, -0.15) is 0 Å². The van der Waals surface area contributed by atoms with Gasteiger partial charge in [0, 0.05) is 11.5 Å². The molecule has 1 aliphatic rings. The molecule has 0 heterocycles. The number of ether oxygens (including phenoxy) is 1. The smallest absolute Gasteiger partial charge is 0.119 e. The van der Waals surface area contributed by atoms with Gasteiger partial charge >= 0.3 is 0 Å². The number of aliphatic hydroxyl groups excluding tert-OH is 1. The van der Waals surface area contributed by atoms with Gasteiger partial charge in [-0.25, -0.2) is 0 Å². The molecule has 0 unspecified atom stereocenters. The average molecular weight is 346 g/mol. The molecule has 0 aromatic heterocycles. The molecule has 25 heavy (non-hydrogen) atoms. The standard InChI is InChI=1S/C22H35NO2/c1-3-4-5-6-9-14-25-20-12-13-21-18(15-20)10-7-8-11-19(21)16-22(2,23)17-24/h8,11-13,15,19,24H,3-7,9-10,14,16-17,23H2,1-2H3/t19-,22+/m0/s1. The number of aliphatic hydroxyl groups is 1. The average Bonchev–Trinajstić information content (AvgIpc) is 2.79. The van der Waals surface area contributed by atoms with Crippen molar-refractivity contribution in [2.24, 2.45) is 5.73 Å². The molecule has 0 radical (unpaired) electrons. The maximum Gasteiger partial charge on any atom is 0.119 e. The summed E-state index contributed by atoms with van der Waals surface area (Å²) in [7, 11) is 0. The van der Waals surface area contributed by atoms with E-state index in [2.05, 4.69) is 37.3 Å². The van der Waals surface area contributed by atoms with Crippen LogP contribution in [0.2, 0.25) is 0 Å². The first kappa shape index (κ1) is 20.0. The number of benzene rings is 1. The van der Waals surface area contributed by atoms with E-state index in [4.69, 9.17) is 10.5 Å². The quantitative estimate of drug-likeness (QED) is 0.476. The fraction of sp³-hybridized carbons (Fsp3) is 0.636. The van der Waals surface area contributed by atoms with E-state index in [0.29, 0.717) is 0 Å². The van der Waals surface area contributed by atoms with Crippen molar-refractivity contribution in [1.29, 1.82) is 0 Å². The molecule has 1 aliphatic carbocycles. The third-order valence-electron chi connectivity index (χ3n) is 5.03. The molecule has 2 rings (SSSR count). The van der Waals surface area contributed by atoms with Crippen molar-refractivity contribution in [2.75, 3.05) is 13.2 Å². The van der Waals surface area contributed by atoms with Crippen LogP contribution in [-0.2, 0) is 6.42 Å². The first-order valence-corrected chi connectivity index (χ1v) is 9.88. The second-order valence-electron chi connectivity index (χ2n) is 7.71. The molecule has 0 saturated carbocycles. The molecule has 0 fully saturated rings. The van der Waals surface area contributed by atoms with Crippen LogP contribution in [0.4, 0.5) is 0 Å². The lowest BCUT2D eigenvalue weighted by Crippen LogP contribution is -2.41. The van der Waals surface area contributed by atoms with Gasteiger partial charge in [0.2, 0.25) is 0 Å². The third kappa shape index (κ3) is 6.48. The lowest BCUT2D eigenvalue weighted by molar-refractivity contribution is 0.197. The van der Waals surface area contributed by atoms with Crippen LogP contribution in [0.25, 0.3) is 0 Å². The SMILES string of the molecule is CCCCCCCOc1ccc2c(c1)CCC=C[C@H]2C[C@@](C)(N)CO. The molecule has 0 amide bonds. The summed E-state index contributed by atoms with van der Waals surface area (Å²) in [6.07, 6.45) is 13.6. The zero-order valence-electron chi connectivity index (χ0n) is 16.0. The van der Waals surface area contributed by atoms with E-state index in [1.807, 2.05) is 6.92 Å². The topological polar surface area (TPSA) is 55.5 Å².